The maximum absolute atomic E-state index is 12.4. The topological polar surface area (TPSA) is 95.9 Å². The molecule has 0 aliphatic carbocycles. The van der Waals surface area contributed by atoms with Gasteiger partial charge in [-0.15, -0.1) is 0 Å². The van der Waals surface area contributed by atoms with Gasteiger partial charge in [-0.1, -0.05) is 185 Å². The summed E-state index contributed by atoms with van der Waals surface area (Å²) < 4.78 is 5.42. The minimum absolute atomic E-state index is 0.0510. The van der Waals surface area contributed by atoms with Crippen molar-refractivity contribution in [2.75, 3.05) is 13.2 Å². The van der Waals surface area contributed by atoms with E-state index in [1.807, 2.05) is 0 Å². The molecule has 0 aliphatic heterocycles. The van der Waals surface area contributed by atoms with E-state index < -0.39 is 12.1 Å². The number of amides is 1. The van der Waals surface area contributed by atoms with Crippen LogP contribution in [0.15, 0.2) is 36.5 Å². The number of carbonyl (C=O) groups excluding carboxylic acids is 2. The van der Waals surface area contributed by atoms with Crippen molar-refractivity contribution >= 4 is 11.9 Å². The summed E-state index contributed by atoms with van der Waals surface area (Å²) in [7, 11) is 0. The maximum Gasteiger partial charge on any atom is 0.305 e. The highest BCUT2D eigenvalue weighted by molar-refractivity contribution is 5.76. The van der Waals surface area contributed by atoms with Gasteiger partial charge in [-0.2, -0.15) is 0 Å². The van der Waals surface area contributed by atoms with E-state index >= 15 is 0 Å². The Hall–Kier alpha value is -1.92. The lowest BCUT2D eigenvalue weighted by Crippen LogP contribution is -2.45. The van der Waals surface area contributed by atoms with E-state index in [4.69, 9.17) is 4.74 Å². The predicted octanol–water partition coefficient (Wildman–Crippen LogP) is 14.1. The van der Waals surface area contributed by atoms with Crippen molar-refractivity contribution in [1.29, 1.82) is 0 Å². The van der Waals surface area contributed by atoms with Crippen LogP contribution in [0.3, 0.4) is 0 Å². The van der Waals surface area contributed by atoms with Crippen LogP contribution in [0.4, 0.5) is 0 Å². The molecule has 0 saturated heterocycles. The number of ether oxygens (including phenoxy) is 1. The summed E-state index contributed by atoms with van der Waals surface area (Å²) in [5, 5.41) is 23.1. The monoisotopic (exact) mass is 788 g/mol. The third-order valence-electron chi connectivity index (χ3n) is 10.9. The Morgan fingerprint density at radius 3 is 1.41 bits per heavy atom. The first-order valence-corrected chi connectivity index (χ1v) is 24.2. The molecule has 0 heterocycles. The highest BCUT2D eigenvalue weighted by Crippen LogP contribution is 2.15. The van der Waals surface area contributed by atoms with Crippen LogP contribution in [-0.4, -0.2) is 47.4 Å². The third kappa shape index (κ3) is 41.7. The average molecular weight is 788 g/mol. The Morgan fingerprint density at radius 1 is 0.500 bits per heavy atom. The highest BCUT2D eigenvalue weighted by atomic mass is 16.5. The van der Waals surface area contributed by atoms with Gasteiger partial charge >= 0.3 is 5.97 Å². The minimum atomic E-state index is -0.686. The van der Waals surface area contributed by atoms with Crippen LogP contribution < -0.4 is 5.32 Å². The quantitative estimate of drug-likeness (QED) is 0.0325. The summed E-state index contributed by atoms with van der Waals surface area (Å²) in [6.45, 7) is 4.82. The summed E-state index contributed by atoms with van der Waals surface area (Å²) in [4.78, 5) is 24.4. The molecule has 3 N–H and O–H groups in total. The fourth-order valence-electron chi connectivity index (χ4n) is 7.13. The molecule has 0 rings (SSSR count). The summed E-state index contributed by atoms with van der Waals surface area (Å²) in [6, 6.07) is -0.567. The predicted molar refractivity (Wildman–Crippen MR) is 241 cm³/mol. The number of hydrogen-bond donors (Lipinski definition) is 3. The van der Waals surface area contributed by atoms with E-state index in [1.54, 1.807) is 0 Å². The zero-order chi connectivity index (χ0) is 40.8. The first-order valence-electron chi connectivity index (χ1n) is 24.2. The number of aliphatic hydroxyl groups excluding tert-OH is 2. The fourth-order valence-corrected chi connectivity index (χ4v) is 7.13. The van der Waals surface area contributed by atoms with Crippen molar-refractivity contribution in [3.63, 3.8) is 0 Å². The van der Waals surface area contributed by atoms with Crippen LogP contribution in [0.2, 0.25) is 0 Å². The van der Waals surface area contributed by atoms with E-state index in [0.29, 0.717) is 25.9 Å². The van der Waals surface area contributed by atoms with E-state index in [9.17, 15) is 19.8 Å². The molecule has 56 heavy (non-hydrogen) atoms. The normalized spacial score (nSPS) is 13.0. The molecule has 6 heteroatoms. The van der Waals surface area contributed by atoms with Crippen LogP contribution in [0.25, 0.3) is 0 Å². The van der Waals surface area contributed by atoms with Crippen LogP contribution >= 0.6 is 0 Å². The van der Waals surface area contributed by atoms with Gasteiger partial charge in [0, 0.05) is 12.8 Å². The molecule has 0 spiro atoms. The Labute approximate surface area is 347 Å². The van der Waals surface area contributed by atoms with Gasteiger partial charge in [0.25, 0.3) is 0 Å². The smallest absolute Gasteiger partial charge is 0.305 e. The zero-order valence-corrected chi connectivity index (χ0v) is 37.1. The van der Waals surface area contributed by atoms with Crippen LogP contribution in [0.1, 0.15) is 245 Å². The zero-order valence-electron chi connectivity index (χ0n) is 37.1. The number of carbonyl (C=O) groups is 2. The minimum Gasteiger partial charge on any atom is -0.466 e. The second kappa shape index (κ2) is 45.8. The molecule has 1 amide bonds. The molecule has 6 nitrogen and oxygen atoms in total. The number of allylic oxidation sites excluding steroid dienone is 6. The van der Waals surface area contributed by atoms with Crippen molar-refractivity contribution in [3.8, 4) is 0 Å². The molecule has 0 aliphatic rings. The second-order valence-electron chi connectivity index (χ2n) is 16.4. The van der Waals surface area contributed by atoms with Crippen LogP contribution in [0.5, 0.6) is 0 Å². The lowest BCUT2D eigenvalue weighted by Gasteiger charge is -2.22. The molecule has 0 fully saturated rings. The summed E-state index contributed by atoms with van der Waals surface area (Å²) in [6.07, 6.45) is 53.9. The fraction of sp³-hybridized carbons (Fsp3) is 0.840. The van der Waals surface area contributed by atoms with E-state index in [0.717, 1.165) is 89.9 Å². The molecule has 0 aromatic carbocycles. The molecule has 0 bridgehead atoms. The van der Waals surface area contributed by atoms with Crippen molar-refractivity contribution in [3.05, 3.63) is 36.5 Å². The second-order valence-corrected chi connectivity index (χ2v) is 16.4. The SMILES string of the molecule is CCCCC/C=C\C/C=C\CCCCCCCC(=O)OCCCC/C=C\CCCCCCC(=O)NC(CO)C(O)CCCCCCCCCCCCCCCC. The molecule has 0 radical (unpaired) electrons. The van der Waals surface area contributed by atoms with Crippen LogP contribution in [0, 0.1) is 0 Å². The van der Waals surface area contributed by atoms with Gasteiger partial charge in [0.2, 0.25) is 5.91 Å². The van der Waals surface area contributed by atoms with Crippen molar-refractivity contribution in [2.24, 2.45) is 0 Å². The van der Waals surface area contributed by atoms with Crippen molar-refractivity contribution in [1.82, 2.24) is 5.32 Å². The Morgan fingerprint density at radius 2 is 0.893 bits per heavy atom. The third-order valence-corrected chi connectivity index (χ3v) is 10.9. The molecule has 0 aromatic heterocycles. The number of esters is 1. The van der Waals surface area contributed by atoms with Crippen molar-refractivity contribution < 1.29 is 24.5 Å². The van der Waals surface area contributed by atoms with Gasteiger partial charge in [-0.05, 0) is 83.5 Å². The van der Waals surface area contributed by atoms with Gasteiger partial charge in [0.1, 0.15) is 0 Å². The van der Waals surface area contributed by atoms with Gasteiger partial charge in [-0.25, -0.2) is 0 Å². The van der Waals surface area contributed by atoms with E-state index in [-0.39, 0.29) is 18.5 Å². The number of rotatable bonds is 44. The Bertz CT molecular complexity index is 915. The largest absolute Gasteiger partial charge is 0.466 e. The lowest BCUT2D eigenvalue weighted by molar-refractivity contribution is -0.143. The first kappa shape index (κ1) is 54.1. The van der Waals surface area contributed by atoms with E-state index in [1.165, 1.54) is 122 Å². The maximum atomic E-state index is 12.4. The van der Waals surface area contributed by atoms with Gasteiger partial charge < -0.3 is 20.3 Å². The van der Waals surface area contributed by atoms with Crippen LogP contribution in [-0.2, 0) is 14.3 Å². The molecular weight excluding hydrogens is 695 g/mol. The van der Waals surface area contributed by atoms with Gasteiger partial charge in [0.15, 0.2) is 0 Å². The first-order chi connectivity index (χ1) is 27.5. The Kier molecular flexibility index (Phi) is 44.2. The number of nitrogens with one attached hydrogen (secondary N) is 1. The van der Waals surface area contributed by atoms with Gasteiger partial charge in [-0.3, -0.25) is 9.59 Å². The highest BCUT2D eigenvalue weighted by Gasteiger charge is 2.20. The summed E-state index contributed by atoms with van der Waals surface area (Å²) in [5.41, 5.74) is 0. The average Bonchev–Trinajstić information content (AvgIpc) is 3.20. The Balaban J connectivity index is 3.56. The molecule has 2 unspecified atom stereocenters. The molecule has 0 aromatic rings. The van der Waals surface area contributed by atoms with Gasteiger partial charge in [0.05, 0.1) is 25.4 Å². The van der Waals surface area contributed by atoms with E-state index in [2.05, 4.69) is 55.6 Å². The molecule has 2 atom stereocenters. The lowest BCUT2D eigenvalue weighted by atomic mass is 10.0. The molecule has 0 saturated carbocycles. The van der Waals surface area contributed by atoms with Crippen molar-refractivity contribution in [2.45, 2.75) is 257 Å². The number of unbranched alkanes of at least 4 members (excludes halogenated alkanes) is 27. The summed E-state index contributed by atoms with van der Waals surface area (Å²) >= 11 is 0. The summed E-state index contributed by atoms with van der Waals surface area (Å²) in [5.74, 6) is -0.124. The number of aliphatic hydroxyl groups is 2. The molecule has 328 valence electrons. The number of hydrogen-bond acceptors (Lipinski definition) is 5. The molecular formula is C50H93NO5. The standard InChI is InChI=1S/C50H93NO5/c1-3-5-7-9-11-13-15-17-19-21-23-28-32-36-40-44-50(55)56-45-41-37-33-29-25-24-27-31-35-39-43-49(54)51-47(46-52)48(53)42-38-34-30-26-22-20-18-16-14-12-10-8-6-4-2/h11,13,17,19,25,29,47-48,52-53H,3-10,12,14-16,18,20-24,26-28,30-46H2,1-2H3,(H,51,54)/b13-11-,19-17-,29-25-.